The second-order valence-electron chi connectivity index (χ2n) is 8.19. The molecule has 0 unspecified atom stereocenters. The molecule has 4 saturated heterocycles. The van der Waals surface area contributed by atoms with Crippen molar-refractivity contribution in [1.29, 1.82) is 0 Å². The van der Waals surface area contributed by atoms with Gasteiger partial charge in [-0.05, 0) is 37.2 Å². The summed E-state index contributed by atoms with van der Waals surface area (Å²) in [5, 5.41) is 0. The Kier molecular flexibility index (Phi) is 5.06. The van der Waals surface area contributed by atoms with Crippen molar-refractivity contribution in [2.24, 2.45) is 11.8 Å². The fourth-order valence-electron chi connectivity index (χ4n) is 4.79. The number of benzene rings is 1. The molecule has 0 spiro atoms. The maximum Gasteiger partial charge on any atom is 0.226 e. The van der Waals surface area contributed by atoms with Gasteiger partial charge in [0.1, 0.15) is 9.84 Å². The van der Waals surface area contributed by atoms with Gasteiger partial charge in [-0.15, -0.1) is 0 Å². The number of hydrogen-bond donors (Lipinski definition) is 0. The predicted octanol–water partition coefficient (Wildman–Crippen LogP) is 1.93. The minimum Gasteiger partial charge on any atom is -0.338 e. The first kappa shape index (κ1) is 18.0. The van der Waals surface area contributed by atoms with Gasteiger partial charge in [-0.3, -0.25) is 9.69 Å². The summed E-state index contributed by atoms with van der Waals surface area (Å²) in [4.78, 5) is 17.7. The highest BCUT2D eigenvalue weighted by molar-refractivity contribution is 7.91. The number of rotatable bonds is 3. The maximum atomic E-state index is 13.1. The molecule has 1 aromatic carbocycles. The second-order valence-corrected chi connectivity index (χ2v) is 10.5. The van der Waals surface area contributed by atoms with Crippen LogP contribution >= 0.6 is 0 Å². The highest BCUT2D eigenvalue weighted by Gasteiger charge is 2.40. The highest BCUT2D eigenvalue weighted by Crippen LogP contribution is 2.31. The second kappa shape index (κ2) is 7.31. The van der Waals surface area contributed by atoms with Crippen LogP contribution in [0.15, 0.2) is 30.3 Å². The molecule has 4 heterocycles. The lowest BCUT2D eigenvalue weighted by molar-refractivity contribution is -0.140. The summed E-state index contributed by atoms with van der Waals surface area (Å²) in [6.45, 7) is 3.77. The van der Waals surface area contributed by atoms with Gasteiger partial charge in [0, 0.05) is 38.1 Å². The van der Waals surface area contributed by atoms with Gasteiger partial charge >= 0.3 is 0 Å². The van der Waals surface area contributed by atoms with Crippen molar-refractivity contribution in [3.05, 3.63) is 35.9 Å². The molecule has 4 aliphatic rings. The Morgan fingerprint density at radius 2 is 1.69 bits per heavy atom. The summed E-state index contributed by atoms with van der Waals surface area (Å²) in [6.07, 6.45) is 3.27. The van der Waals surface area contributed by atoms with Gasteiger partial charge in [0.15, 0.2) is 0 Å². The number of carbonyl (C=O) groups excluding carboxylic acids is 1. The van der Waals surface area contributed by atoms with Gasteiger partial charge in [-0.2, -0.15) is 0 Å². The molecule has 2 bridgehead atoms. The number of fused-ring (bicyclic) bond motifs is 4. The molecule has 26 heavy (non-hydrogen) atoms. The van der Waals surface area contributed by atoms with Crippen molar-refractivity contribution in [2.75, 3.05) is 31.1 Å². The lowest BCUT2D eigenvalue weighted by Crippen LogP contribution is -2.50. The van der Waals surface area contributed by atoms with Gasteiger partial charge < -0.3 is 4.90 Å². The third-order valence-electron chi connectivity index (χ3n) is 6.23. The molecule has 2 atom stereocenters. The number of sulfone groups is 1. The van der Waals surface area contributed by atoms with E-state index in [1.54, 1.807) is 0 Å². The van der Waals surface area contributed by atoms with Crippen LogP contribution in [-0.4, -0.2) is 61.3 Å². The van der Waals surface area contributed by atoms with E-state index < -0.39 is 9.84 Å². The van der Waals surface area contributed by atoms with Crippen molar-refractivity contribution in [1.82, 2.24) is 9.80 Å². The third-order valence-corrected chi connectivity index (χ3v) is 7.94. The summed E-state index contributed by atoms with van der Waals surface area (Å²) < 4.78 is 23.3. The molecule has 142 valence electrons. The fourth-order valence-corrected chi connectivity index (χ4v) is 6.28. The minimum absolute atomic E-state index is 0.0968. The number of amides is 1. The highest BCUT2D eigenvalue weighted by atomic mass is 32.2. The number of piperidine rings is 1. The van der Waals surface area contributed by atoms with E-state index in [1.165, 1.54) is 12.0 Å². The molecule has 0 N–H and O–H groups in total. The van der Waals surface area contributed by atoms with Crippen LogP contribution in [0.5, 0.6) is 0 Å². The topological polar surface area (TPSA) is 57.7 Å². The molecule has 1 amide bonds. The lowest BCUT2D eigenvalue weighted by Gasteiger charge is -2.39. The molecule has 0 aromatic heterocycles. The van der Waals surface area contributed by atoms with Crippen LogP contribution < -0.4 is 0 Å². The lowest BCUT2D eigenvalue weighted by atomic mass is 9.92. The Morgan fingerprint density at radius 1 is 0.962 bits per heavy atom. The van der Waals surface area contributed by atoms with Crippen LogP contribution in [0, 0.1) is 11.8 Å². The van der Waals surface area contributed by atoms with Gasteiger partial charge in [0.2, 0.25) is 5.91 Å². The van der Waals surface area contributed by atoms with Crippen LogP contribution in [0.25, 0.3) is 0 Å². The van der Waals surface area contributed by atoms with Crippen molar-refractivity contribution < 1.29 is 13.2 Å². The van der Waals surface area contributed by atoms with Crippen molar-refractivity contribution in [3.8, 4) is 0 Å². The van der Waals surface area contributed by atoms with E-state index in [2.05, 4.69) is 34.1 Å². The summed E-state index contributed by atoms with van der Waals surface area (Å²) in [7, 11) is -2.92. The average Bonchev–Trinajstić information content (AvgIpc) is 2.92. The average molecular weight is 377 g/mol. The summed E-state index contributed by atoms with van der Waals surface area (Å²) in [5.74, 6) is 0.988. The van der Waals surface area contributed by atoms with Crippen molar-refractivity contribution in [3.63, 3.8) is 0 Å². The summed E-state index contributed by atoms with van der Waals surface area (Å²) >= 11 is 0. The number of nitrogens with zero attached hydrogens (tertiary/aromatic N) is 2. The molecule has 4 aliphatic heterocycles. The van der Waals surface area contributed by atoms with Crippen molar-refractivity contribution in [2.45, 2.75) is 38.3 Å². The van der Waals surface area contributed by atoms with E-state index in [4.69, 9.17) is 0 Å². The standard InChI is InChI=1S/C20H28N2O3S/c23-20(18-8-10-26(24,25)11-9-18)22-14-17-6-7-19(22)15-21(13-17)12-16-4-2-1-3-5-16/h1-5,17-19H,6-15H2/t17-,19+/m1/s1. The monoisotopic (exact) mass is 376 g/mol. The van der Waals surface area contributed by atoms with Gasteiger partial charge in [0.25, 0.3) is 0 Å². The molecule has 6 heteroatoms. The molecular formula is C20H28N2O3S. The predicted molar refractivity (Wildman–Crippen MR) is 101 cm³/mol. The molecule has 5 rings (SSSR count). The van der Waals surface area contributed by atoms with Crippen LogP contribution in [0.1, 0.15) is 31.2 Å². The van der Waals surface area contributed by atoms with E-state index in [9.17, 15) is 13.2 Å². The number of carbonyl (C=O) groups is 1. The Balaban J connectivity index is 1.42. The van der Waals surface area contributed by atoms with Gasteiger partial charge in [-0.1, -0.05) is 30.3 Å². The van der Waals surface area contributed by atoms with E-state index in [0.717, 1.165) is 32.6 Å². The van der Waals surface area contributed by atoms with Crippen LogP contribution in [0.2, 0.25) is 0 Å². The van der Waals surface area contributed by atoms with Gasteiger partial charge in [0.05, 0.1) is 11.5 Å². The quantitative estimate of drug-likeness (QED) is 0.809. The van der Waals surface area contributed by atoms with E-state index in [1.807, 2.05) is 6.07 Å². The third kappa shape index (κ3) is 3.96. The first-order valence-corrected chi connectivity index (χ1v) is 11.6. The SMILES string of the molecule is O=C(C1CCS(=O)(=O)CC1)N1C[C@@H]2CC[C@H]1CN(Cc1ccccc1)C2. The Labute approximate surface area is 156 Å². The Bertz CT molecular complexity index is 736. The first-order chi connectivity index (χ1) is 12.5. The van der Waals surface area contributed by atoms with E-state index >= 15 is 0 Å². The normalized spacial score (nSPS) is 29.5. The summed E-state index contributed by atoms with van der Waals surface area (Å²) in [5.41, 5.74) is 1.32. The molecule has 0 aliphatic carbocycles. The smallest absolute Gasteiger partial charge is 0.226 e. The first-order valence-electron chi connectivity index (χ1n) is 9.77. The molecule has 0 radical (unpaired) electrons. The van der Waals surface area contributed by atoms with Gasteiger partial charge in [-0.25, -0.2) is 8.42 Å². The Morgan fingerprint density at radius 3 is 2.42 bits per heavy atom. The van der Waals surface area contributed by atoms with E-state index in [-0.39, 0.29) is 29.4 Å². The van der Waals surface area contributed by atoms with Crippen LogP contribution in [-0.2, 0) is 21.2 Å². The molecule has 1 aromatic rings. The van der Waals surface area contributed by atoms with Crippen LogP contribution in [0.3, 0.4) is 0 Å². The Hall–Kier alpha value is -1.40. The minimum atomic E-state index is -2.92. The zero-order chi connectivity index (χ0) is 18.1. The maximum absolute atomic E-state index is 13.1. The largest absolute Gasteiger partial charge is 0.338 e. The molecular weight excluding hydrogens is 348 g/mol. The zero-order valence-corrected chi connectivity index (χ0v) is 16.0. The fraction of sp³-hybridized carbons (Fsp3) is 0.650. The van der Waals surface area contributed by atoms with Crippen LogP contribution in [0.4, 0.5) is 0 Å². The molecule has 5 nitrogen and oxygen atoms in total. The molecule has 4 fully saturated rings. The zero-order valence-electron chi connectivity index (χ0n) is 15.2. The van der Waals surface area contributed by atoms with E-state index in [0.29, 0.717) is 18.8 Å². The number of hydrogen-bond acceptors (Lipinski definition) is 4. The summed E-state index contributed by atoms with van der Waals surface area (Å²) in [6, 6.07) is 10.8. The molecule has 0 saturated carbocycles. The van der Waals surface area contributed by atoms with Crippen molar-refractivity contribution >= 4 is 15.7 Å².